The molecule has 0 radical (unpaired) electrons. The number of benzene rings is 1. The van der Waals surface area contributed by atoms with Crippen LogP contribution in [-0.4, -0.2) is 52.4 Å². The number of aromatic nitrogens is 4. The average Bonchev–Trinajstić information content (AvgIpc) is 3.10. The molecule has 0 spiro atoms. The van der Waals surface area contributed by atoms with Crippen LogP contribution in [0.25, 0.3) is 22.6 Å². The van der Waals surface area contributed by atoms with Crippen molar-refractivity contribution in [3.05, 3.63) is 48.4 Å². The lowest BCUT2D eigenvalue weighted by Crippen LogP contribution is -2.15. The Morgan fingerprint density at radius 3 is 2.65 bits per heavy atom. The summed E-state index contributed by atoms with van der Waals surface area (Å²) in [4.78, 5) is 6.75. The quantitative estimate of drug-likeness (QED) is 0.654. The van der Waals surface area contributed by atoms with E-state index in [1.165, 1.54) is 0 Å². The normalized spacial score (nSPS) is 11.1. The second kappa shape index (κ2) is 8.10. The fraction of sp³-hybridized carbons (Fsp3) is 0.350. The number of ether oxygens (including phenoxy) is 1. The van der Waals surface area contributed by atoms with Crippen molar-refractivity contribution in [1.82, 2.24) is 24.6 Å². The third-order valence-corrected chi connectivity index (χ3v) is 4.25. The summed E-state index contributed by atoms with van der Waals surface area (Å²) in [7, 11) is 5.85. The fourth-order valence-electron chi connectivity index (χ4n) is 2.90. The van der Waals surface area contributed by atoms with Crippen LogP contribution >= 0.6 is 0 Å². The van der Waals surface area contributed by atoms with Crippen molar-refractivity contribution in [1.29, 1.82) is 0 Å². The van der Waals surface area contributed by atoms with Crippen molar-refractivity contribution in [2.45, 2.75) is 19.9 Å². The van der Waals surface area contributed by atoms with Gasteiger partial charge in [-0.2, -0.15) is 10.2 Å². The molecular weight excluding hydrogens is 326 g/mol. The molecule has 6 heteroatoms. The molecule has 0 aliphatic carbocycles. The molecule has 0 N–H and O–H groups in total. The van der Waals surface area contributed by atoms with Gasteiger partial charge in [-0.15, -0.1) is 0 Å². The number of hydrogen-bond donors (Lipinski definition) is 0. The van der Waals surface area contributed by atoms with Gasteiger partial charge in [0.1, 0.15) is 11.6 Å². The summed E-state index contributed by atoms with van der Waals surface area (Å²) in [6.07, 6.45) is 4.95. The minimum Gasteiger partial charge on any atom is -0.496 e. The molecule has 3 rings (SSSR count). The van der Waals surface area contributed by atoms with Crippen LogP contribution in [0.1, 0.15) is 12.1 Å². The Bertz CT molecular complexity index is 855. The molecule has 0 amide bonds. The van der Waals surface area contributed by atoms with Crippen molar-refractivity contribution in [2.24, 2.45) is 0 Å². The van der Waals surface area contributed by atoms with Crippen LogP contribution in [0.5, 0.6) is 5.75 Å². The molecule has 1 aromatic carbocycles. The van der Waals surface area contributed by atoms with E-state index < -0.39 is 0 Å². The van der Waals surface area contributed by atoms with Gasteiger partial charge in [0.25, 0.3) is 0 Å². The van der Waals surface area contributed by atoms with E-state index in [4.69, 9.17) is 4.74 Å². The Balaban J connectivity index is 1.93. The molecule has 0 bridgehead atoms. The summed E-state index contributed by atoms with van der Waals surface area (Å²) in [5.41, 5.74) is 3.64. The Morgan fingerprint density at radius 2 is 1.96 bits per heavy atom. The van der Waals surface area contributed by atoms with Crippen molar-refractivity contribution >= 4 is 0 Å². The molecule has 0 aliphatic rings. The monoisotopic (exact) mass is 351 g/mol. The summed E-state index contributed by atoms with van der Waals surface area (Å²) < 4.78 is 7.71. The summed E-state index contributed by atoms with van der Waals surface area (Å²) in [6.45, 7) is 3.90. The molecular formula is C20H25N5O. The van der Waals surface area contributed by atoms with Gasteiger partial charge in [0.15, 0.2) is 0 Å². The Labute approximate surface area is 154 Å². The highest BCUT2D eigenvalue weighted by Crippen LogP contribution is 2.32. The zero-order valence-corrected chi connectivity index (χ0v) is 15.8. The van der Waals surface area contributed by atoms with Gasteiger partial charge in [-0.1, -0.05) is 0 Å². The van der Waals surface area contributed by atoms with Crippen LogP contribution in [0.4, 0.5) is 0 Å². The van der Waals surface area contributed by atoms with E-state index in [9.17, 15) is 0 Å². The molecule has 2 heterocycles. The smallest absolute Gasteiger partial charge is 0.139 e. The topological polar surface area (TPSA) is 56.1 Å². The molecule has 0 atom stereocenters. The maximum atomic E-state index is 5.52. The maximum absolute atomic E-state index is 5.52. The highest BCUT2D eigenvalue weighted by Gasteiger charge is 2.13. The molecule has 2 aromatic heterocycles. The van der Waals surface area contributed by atoms with E-state index in [1.54, 1.807) is 7.11 Å². The van der Waals surface area contributed by atoms with Gasteiger partial charge in [-0.3, -0.25) is 0 Å². The van der Waals surface area contributed by atoms with Crippen LogP contribution in [0.3, 0.4) is 0 Å². The number of aryl methyl sites for hydroxylation is 2. The first kappa shape index (κ1) is 18.1. The van der Waals surface area contributed by atoms with Crippen LogP contribution in [0.15, 0.2) is 42.7 Å². The number of imidazole rings is 1. The first-order valence-corrected chi connectivity index (χ1v) is 8.73. The maximum Gasteiger partial charge on any atom is 0.139 e. The molecule has 3 aromatic rings. The van der Waals surface area contributed by atoms with Gasteiger partial charge in [0.2, 0.25) is 0 Å². The predicted octanol–water partition coefficient (Wildman–Crippen LogP) is 3.28. The molecule has 26 heavy (non-hydrogen) atoms. The van der Waals surface area contributed by atoms with Crippen LogP contribution < -0.4 is 4.74 Å². The van der Waals surface area contributed by atoms with Crippen LogP contribution in [-0.2, 0) is 6.54 Å². The Hall–Kier alpha value is -2.73. The van der Waals surface area contributed by atoms with Crippen molar-refractivity contribution < 1.29 is 4.74 Å². The third-order valence-electron chi connectivity index (χ3n) is 4.25. The lowest BCUT2D eigenvalue weighted by molar-refractivity contribution is 0.387. The summed E-state index contributed by atoms with van der Waals surface area (Å²) in [5.74, 6) is 1.73. The van der Waals surface area contributed by atoms with Crippen molar-refractivity contribution in [3.8, 4) is 28.4 Å². The first-order chi connectivity index (χ1) is 12.6. The van der Waals surface area contributed by atoms with Crippen LogP contribution in [0.2, 0.25) is 0 Å². The zero-order chi connectivity index (χ0) is 18.5. The molecule has 136 valence electrons. The van der Waals surface area contributed by atoms with E-state index in [0.29, 0.717) is 0 Å². The largest absolute Gasteiger partial charge is 0.496 e. The van der Waals surface area contributed by atoms with E-state index >= 15 is 0 Å². The Kier molecular flexibility index (Phi) is 5.63. The Morgan fingerprint density at radius 1 is 1.12 bits per heavy atom. The second-order valence-corrected chi connectivity index (χ2v) is 6.58. The standard InChI is InChI=1S/C20H25N5O/c1-15-6-8-18(23-22-15)17-14-16(7-9-19(17)26-4)20-21-10-13-25(20)12-5-11-24(2)3/h6-10,13-14H,5,11-12H2,1-4H3. The fourth-order valence-corrected chi connectivity index (χ4v) is 2.90. The van der Waals surface area contributed by atoms with Crippen molar-refractivity contribution in [2.75, 3.05) is 27.7 Å². The van der Waals surface area contributed by atoms with E-state index in [0.717, 1.165) is 53.6 Å². The minimum absolute atomic E-state index is 0.776. The van der Waals surface area contributed by atoms with Crippen LogP contribution in [0, 0.1) is 6.92 Å². The average molecular weight is 351 g/mol. The zero-order valence-electron chi connectivity index (χ0n) is 15.8. The highest BCUT2D eigenvalue weighted by atomic mass is 16.5. The molecule has 0 aliphatic heterocycles. The molecule has 0 saturated carbocycles. The minimum atomic E-state index is 0.776. The molecule has 0 saturated heterocycles. The van der Waals surface area contributed by atoms with Gasteiger partial charge < -0.3 is 14.2 Å². The van der Waals surface area contributed by atoms with E-state index in [-0.39, 0.29) is 0 Å². The summed E-state index contributed by atoms with van der Waals surface area (Å²) in [5, 5.41) is 8.48. The summed E-state index contributed by atoms with van der Waals surface area (Å²) >= 11 is 0. The number of hydrogen-bond acceptors (Lipinski definition) is 5. The van der Waals surface area contributed by atoms with Gasteiger partial charge in [-0.05, 0) is 64.3 Å². The molecule has 0 unspecified atom stereocenters. The van der Waals surface area contributed by atoms with Gasteiger partial charge >= 0.3 is 0 Å². The number of rotatable bonds is 7. The van der Waals surface area contributed by atoms with Gasteiger partial charge in [0.05, 0.1) is 18.5 Å². The SMILES string of the molecule is COc1ccc(-c2nccn2CCCN(C)C)cc1-c1ccc(C)nn1. The van der Waals surface area contributed by atoms with E-state index in [1.807, 2.05) is 43.6 Å². The molecule has 0 fully saturated rings. The van der Waals surface area contributed by atoms with Gasteiger partial charge in [-0.25, -0.2) is 4.98 Å². The lowest BCUT2D eigenvalue weighted by Gasteiger charge is -2.13. The van der Waals surface area contributed by atoms with Gasteiger partial charge in [0, 0.05) is 30.1 Å². The second-order valence-electron chi connectivity index (χ2n) is 6.58. The van der Waals surface area contributed by atoms with Crippen molar-refractivity contribution in [3.63, 3.8) is 0 Å². The summed E-state index contributed by atoms with van der Waals surface area (Å²) in [6, 6.07) is 9.99. The predicted molar refractivity (Wildman–Crippen MR) is 103 cm³/mol. The highest BCUT2D eigenvalue weighted by molar-refractivity contribution is 5.73. The number of methoxy groups -OCH3 is 1. The first-order valence-electron chi connectivity index (χ1n) is 8.73. The molecule has 6 nitrogen and oxygen atoms in total. The van der Waals surface area contributed by atoms with E-state index in [2.05, 4.69) is 44.8 Å². The third kappa shape index (κ3) is 4.08. The lowest BCUT2D eigenvalue weighted by atomic mass is 10.1. The number of nitrogens with zero attached hydrogens (tertiary/aromatic N) is 5.